The quantitative estimate of drug-likeness (QED) is 0.466. The number of carbonyl (C=O) groups excluding carboxylic acids is 1. The zero-order valence-electron chi connectivity index (χ0n) is 19.2. The molecule has 0 N–H and O–H groups in total. The molecule has 1 aromatic heterocycles. The molecule has 1 amide bonds. The van der Waals surface area contributed by atoms with E-state index >= 15 is 0 Å². The number of aromatic nitrogens is 2. The van der Waals surface area contributed by atoms with Crippen molar-refractivity contribution < 1.29 is 9.53 Å². The van der Waals surface area contributed by atoms with Gasteiger partial charge in [0.2, 0.25) is 0 Å². The molecular formula is C27H29ClN4O2. The van der Waals surface area contributed by atoms with Crippen molar-refractivity contribution in [2.45, 2.75) is 31.7 Å². The second-order valence-corrected chi connectivity index (χ2v) is 9.33. The first-order valence-electron chi connectivity index (χ1n) is 12.0. The van der Waals surface area contributed by atoms with Crippen molar-refractivity contribution >= 4 is 17.5 Å². The fourth-order valence-electron chi connectivity index (χ4n) is 4.80. The molecule has 0 spiro atoms. The Bertz CT molecular complexity index is 1130. The standard InChI is InChI=1S/C27H29ClN4O2/c28-22-6-3-5-21(19-22)26-29-13-12-24(30-26)25-7-4-16-32(25)27(33)20-8-10-23(11-9-20)34-18-17-31-14-1-2-15-31/h3,5-6,8-13,19,25H,1-2,4,7,14-18H2/t25-/m0/s1. The molecule has 0 unspecified atom stereocenters. The molecule has 0 bridgehead atoms. The van der Waals surface area contributed by atoms with Gasteiger partial charge in [0, 0.05) is 35.4 Å². The largest absolute Gasteiger partial charge is 0.492 e. The van der Waals surface area contributed by atoms with Gasteiger partial charge >= 0.3 is 0 Å². The number of hydrogen-bond acceptors (Lipinski definition) is 5. The van der Waals surface area contributed by atoms with Crippen LogP contribution in [-0.2, 0) is 0 Å². The second kappa shape index (κ2) is 10.5. The Morgan fingerprint density at radius 2 is 1.85 bits per heavy atom. The highest BCUT2D eigenvalue weighted by atomic mass is 35.5. The third-order valence-electron chi connectivity index (χ3n) is 6.59. The van der Waals surface area contributed by atoms with Gasteiger partial charge in [-0.1, -0.05) is 23.7 Å². The third kappa shape index (κ3) is 5.24. The highest BCUT2D eigenvalue weighted by molar-refractivity contribution is 6.30. The molecule has 1 atom stereocenters. The van der Waals surface area contributed by atoms with Crippen molar-refractivity contribution in [3.05, 3.63) is 77.1 Å². The number of rotatable bonds is 7. The van der Waals surface area contributed by atoms with Crippen molar-refractivity contribution in [3.63, 3.8) is 0 Å². The molecule has 0 saturated carbocycles. The van der Waals surface area contributed by atoms with Crippen LogP contribution in [-0.4, -0.2) is 58.5 Å². The van der Waals surface area contributed by atoms with Crippen LogP contribution in [0.2, 0.25) is 5.02 Å². The van der Waals surface area contributed by atoms with Gasteiger partial charge in [0.1, 0.15) is 12.4 Å². The maximum absolute atomic E-state index is 13.3. The predicted octanol–water partition coefficient (Wildman–Crippen LogP) is 5.25. The molecule has 3 heterocycles. The summed E-state index contributed by atoms with van der Waals surface area (Å²) in [6.45, 7) is 4.67. The molecule has 2 aliphatic heterocycles. The van der Waals surface area contributed by atoms with Gasteiger partial charge in [0.05, 0.1) is 11.7 Å². The summed E-state index contributed by atoms with van der Waals surface area (Å²) >= 11 is 6.14. The summed E-state index contributed by atoms with van der Waals surface area (Å²) in [6.07, 6.45) is 6.16. The van der Waals surface area contributed by atoms with Crippen LogP contribution >= 0.6 is 11.6 Å². The Morgan fingerprint density at radius 1 is 1.03 bits per heavy atom. The van der Waals surface area contributed by atoms with Gasteiger partial charge in [-0.15, -0.1) is 0 Å². The summed E-state index contributed by atoms with van der Waals surface area (Å²) in [7, 11) is 0. The van der Waals surface area contributed by atoms with E-state index in [0.717, 1.165) is 36.4 Å². The minimum atomic E-state index is -0.0650. The molecular weight excluding hydrogens is 448 g/mol. The number of amides is 1. The lowest BCUT2D eigenvalue weighted by molar-refractivity contribution is 0.0733. The molecule has 2 aromatic carbocycles. The maximum atomic E-state index is 13.3. The Hall–Kier alpha value is -2.96. The van der Waals surface area contributed by atoms with E-state index in [1.807, 2.05) is 59.5 Å². The van der Waals surface area contributed by atoms with Crippen LogP contribution in [0.25, 0.3) is 11.4 Å². The first-order chi connectivity index (χ1) is 16.7. The number of ether oxygens (including phenoxy) is 1. The fraction of sp³-hybridized carbons (Fsp3) is 0.370. The normalized spacial score (nSPS) is 18.4. The number of hydrogen-bond donors (Lipinski definition) is 0. The number of nitrogens with zero attached hydrogens (tertiary/aromatic N) is 4. The van der Waals surface area contributed by atoms with Gasteiger partial charge in [-0.25, -0.2) is 9.97 Å². The van der Waals surface area contributed by atoms with E-state index in [2.05, 4.69) is 9.88 Å². The summed E-state index contributed by atoms with van der Waals surface area (Å²) in [6, 6.07) is 16.9. The first kappa shape index (κ1) is 22.8. The first-order valence-corrected chi connectivity index (χ1v) is 12.4. The molecule has 176 valence electrons. The Morgan fingerprint density at radius 3 is 2.65 bits per heavy atom. The molecule has 2 aliphatic rings. The lowest BCUT2D eigenvalue weighted by Gasteiger charge is -2.24. The van der Waals surface area contributed by atoms with Crippen LogP contribution in [0.5, 0.6) is 5.75 Å². The summed E-state index contributed by atoms with van der Waals surface area (Å²) < 4.78 is 5.89. The maximum Gasteiger partial charge on any atom is 0.254 e. The van der Waals surface area contributed by atoms with E-state index in [9.17, 15) is 4.79 Å². The van der Waals surface area contributed by atoms with Crippen LogP contribution in [0.1, 0.15) is 47.8 Å². The zero-order valence-corrected chi connectivity index (χ0v) is 20.0. The van der Waals surface area contributed by atoms with Gasteiger partial charge in [-0.05, 0) is 81.2 Å². The minimum Gasteiger partial charge on any atom is -0.492 e. The summed E-state index contributed by atoms with van der Waals surface area (Å²) in [5.74, 6) is 1.44. The number of likely N-dealkylation sites (tertiary alicyclic amines) is 2. The van der Waals surface area contributed by atoms with E-state index in [1.54, 1.807) is 6.20 Å². The van der Waals surface area contributed by atoms with Gasteiger partial charge in [0.15, 0.2) is 5.82 Å². The molecule has 6 nitrogen and oxygen atoms in total. The van der Waals surface area contributed by atoms with E-state index < -0.39 is 0 Å². The lowest BCUT2D eigenvalue weighted by atomic mass is 10.1. The smallest absolute Gasteiger partial charge is 0.254 e. The highest BCUT2D eigenvalue weighted by Gasteiger charge is 2.32. The molecule has 7 heteroatoms. The molecule has 0 aliphatic carbocycles. The van der Waals surface area contributed by atoms with Crippen LogP contribution in [0, 0.1) is 0 Å². The van der Waals surface area contributed by atoms with E-state index in [0.29, 0.717) is 29.6 Å². The fourth-order valence-corrected chi connectivity index (χ4v) is 4.99. The Kier molecular flexibility index (Phi) is 7.07. The molecule has 3 aromatic rings. The topological polar surface area (TPSA) is 58.6 Å². The Labute approximate surface area is 205 Å². The van der Waals surface area contributed by atoms with Gasteiger partial charge in [-0.2, -0.15) is 0 Å². The molecule has 2 fully saturated rings. The van der Waals surface area contributed by atoms with E-state index in [1.165, 1.54) is 25.9 Å². The molecule has 34 heavy (non-hydrogen) atoms. The van der Waals surface area contributed by atoms with Crippen LogP contribution in [0.3, 0.4) is 0 Å². The predicted molar refractivity (Wildman–Crippen MR) is 133 cm³/mol. The van der Waals surface area contributed by atoms with Crippen LogP contribution in [0.4, 0.5) is 0 Å². The average Bonchev–Trinajstić information content (AvgIpc) is 3.57. The minimum absolute atomic E-state index is 0.0223. The Balaban J connectivity index is 1.25. The third-order valence-corrected chi connectivity index (χ3v) is 6.83. The van der Waals surface area contributed by atoms with Crippen molar-refractivity contribution in [2.24, 2.45) is 0 Å². The monoisotopic (exact) mass is 476 g/mol. The van der Waals surface area contributed by atoms with Gasteiger partial charge < -0.3 is 9.64 Å². The van der Waals surface area contributed by atoms with Crippen molar-refractivity contribution in [3.8, 4) is 17.1 Å². The van der Waals surface area contributed by atoms with E-state index in [-0.39, 0.29) is 11.9 Å². The van der Waals surface area contributed by atoms with Crippen molar-refractivity contribution in [2.75, 3.05) is 32.8 Å². The summed E-state index contributed by atoms with van der Waals surface area (Å²) in [4.78, 5) is 26.9. The van der Waals surface area contributed by atoms with Crippen LogP contribution < -0.4 is 4.74 Å². The molecule has 2 saturated heterocycles. The average molecular weight is 477 g/mol. The van der Waals surface area contributed by atoms with Gasteiger partial charge in [-0.3, -0.25) is 9.69 Å². The number of carbonyl (C=O) groups is 1. The second-order valence-electron chi connectivity index (χ2n) is 8.89. The highest BCUT2D eigenvalue weighted by Crippen LogP contribution is 2.33. The van der Waals surface area contributed by atoms with Gasteiger partial charge in [0.25, 0.3) is 5.91 Å². The zero-order chi connectivity index (χ0) is 23.3. The molecule has 5 rings (SSSR count). The number of halogens is 1. The summed E-state index contributed by atoms with van der Waals surface area (Å²) in [5.41, 5.74) is 2.39. The molecule has 0 radical (unpaired) electrons. The van der Waals surface area contributed by atoms with E-state index in [4.69, 9.17) is 21.3 Å². The van der Waals surface area contributed by atoms with Crippen molar-refractivity contribution in [1.82, 2.24) is 19.8 Å². The SMILES string of the molecule is O=C(c1ccc(OCCN2CCCC2)cc1)N1CCC[C@H]1c1ccnc(-c2cccc(Cl)c2)n1. The number of benzene rings is 2. The van der Waals surface area contributed by atoms with Crippen molar-refractivity contribution in [1.29, 1.82) is 0 Å². The summed E-state index contributed by atoms with van der Waals surface area (Å²) in [5, 5.41) is 0.646. The van der Waals surface area contributed by atoms with Crippen LogP contribution in [0.15, 0.2) is 60.8 Å². The lowest BCUT2D eigenvalue weighted by Crippen LogP contribution is -2.31.